The van der Waals surface area contributed by atoms with E-state index in [0.29, 0.717) is 32.1 Å². The first-order valence-corrected chi connectivity index (χ1v) is 8.35. The van der Waals surface area contributed by atoms with Gasteiger partial charge in [0.15, 0.2) is 0 Å². The number of rotatable bonds is 4. The molecule has 0 saturated heterocycles. The molecule has 2 aromatic rings. The minimum absolute atomic E-state index is 0.0323. The van der Waals surface area contributed by atoms with Gasteiger partial charge in [-0.25, -0.2) is 9.78 Å². The van der Waals surface area contributed by atoms with Gasteiger partial charge in [0.1, 0.15) is 0 Å². The normalized spacial score (nSPS) is 13.3. The maximum atomic E-state index is 12.4. The molecule has 1 aliphatic rings. The molecule has 0 spiro atoms. The van der Waals surface area contributed by atoms with Crippen LogP contribution in [-0.2, 0) is 19.5 Å². The Morgan fingerprint density at radius 2 is 2.04 bits per heavy atom. The second kappa shape index (κ2) is 7.34. The van der Waals surface area contributed by atoms with Crippen molar-refractivity contribution in [3.05, 3.63) is 58.8 Å². The monoisotopic (exact) mass is 325 g/mol. The molecule has 0 atom stereocenters. The quantitative estimate of drug-likeness (QED) is 0.940. The van der Waals surface area contributed by atoms with Crippen molar-refractivity contribution in [2.45, 2.75) is 33.4 Å². The SMILES string of the molecule is CCOc1ccc2c(n1)CCN(C(=O)NCc1ccc(C)cc1)C2. The Morgan fingerprint density at radius 1 is 1.25 bits per heavy atom. The molecule has 0 unspecified atom stereocenters. The van der Waals surface area contributed by atoms with Crippen LogP contribution in [0.1, 0.15) is 29.3 Å². The number of ether oxygens (including phenoxy) is 1. The van der Waals surface area contributed by atoms with E-state index < -0.39 is 0 Å². The van der Waals surface area contributed by atoms with Crippen LogP contribution in [0.3, 0.4) is 0 Å². The first-order valence-electron chi connectivity index (χ1n) is 8.35. The summed E-state index contributed by atoms with van der Waals surface area (Å²) < 4.78 is 5.44. The predicted octanol–water partition coefficient (Wildman–Crippen LogP) is 3.06. The molecular weight excluding hydrogens is 302 g/mol. The highest BCUT2D eigenvalue weighted by atomic mass is 16.5. The van der Waals surface area contributed by atoms with Crippen LogP contribution in [0, 0.1) is 6.92 Å². The molecule has 3 rings (SSSR count). The third kappa shape index (κ3) is 3.85. The van der Waals surface area contributed by atoms with E-state index in [1.54, 1.807) is 0 Å². The van der Waals surface area contributed by atoms with E-state index in [2.05, 4.69) is 29.4 Å². The fraction of sp³-hybridized carbons (Fsp3) is 0.368. The first kappa shape index (κ1) is 16.3. The number of benzene rings is 1. The standard InChI is InChI=1S/C19H23N3O2/c1-3-24-18-9-8-16-13-22(11-10-17(16)21-18)19(23)20-12-15-6-4-14(2)5-7-15/h4-9H,3,10-13H2,1-2H3,(H,20,23). The van der Waals surface area contributed by atoms with Crippen molar-refractivity contribution >= 4 is 6.03 Å². The van der Waals surface area contributed by atoms with Crippen molar-refractivity contribution in [3.8, 4) is 5.88 Å². The second-order valence-corrected chi connectivity index (χ2v) is 6.00. The number of urea groups is 1. The number of pyridine rings is 1. The highest BCUT2D eigenvalue weighted by Gasteiger charge is 2.21. The number of aryl methyl sites for hydroxylation is 1. The minimum atomic E-state index is -0.0323. The van der Waals surface area contributed by atoms with Crippen molar-refractivity contribution in [2.24, 2.45) is 0 Å². The number of hydrogen-bond donors (Lipinski definition) is 1. The summed E-state index contributed by atoms with van der Waals surface area (Å²) in [6.07, 6.45) is 0.758. The molecule has 1 N–H and O–H groups in total. The van der Waals surface area contributed by atoms with E-state index in [4.69, 9.17) is 4.74 Å². The van der Waals surface area contributed by atoms with Gasteiger partial charge < -0.3 is 15.0 Å². The van der Waals surface area contributed by atoms with Gasteiger partial charge in [0.25, 0.3) is 0 Å². The summed E-state index contributed by atoms with van der Waals surface area (Å²) in [6.45, 7) is 6.42. The predicted molar refractivity (Wildman–Crippen MR) is 92.9 cm³/mol. The maximum absolute atomic E-state index is 12.4. The van der Waals surface area contributed by atoms with Gasteiger partial charge in [-0.3, -0.25) is 0 Å². The van der Waals surface area contributed by atoms with Crippen LogP contribution >= 0.6 is 0 Å². The van der Waals surface area contributed by atoms with Crippen molar-refractivity contribution in [1.82, 2.24) is 15.2 Å². The van der Waals surface area contributed by atoms with Gasteiger partial charge >= 0.3 is 6.03 Å². The highest BCUT2D eigenvalue weighted by molar-refractivity contribution is 5.74. The smallest absolute Gasteiger partial charge is 0.317 e. The fourth-order valence-corrected chi connectivity index (χ4v) is 2.79. The van der Waals surface area contributed by atoms with Crippen LogP contribution in [0.15, 0.2) is 36.4 Å². The van der Waals surface area contributed by atoms with Crippen molar-refractivity contribution in [1.29, 1.82) is 0 Å². The van der Waals surface area contributed by atoms with E-state index in [9.17, 15) is 4.79 Å². The average Bonchev–Trinajstić information content (AvgIpc) is 2.61. The topological polar surface area (TPSA) is 54.5 Å². The number of hydrogen-bond acceptors (Lipinski definition) is 3. The molecule has 24 heavy (non-hydrogen) atoms. The molecule has 1 aromatic heterocycles. The molecule has 0 bridgehead atoms. The first-order chi connectivity index (χ1) is 11.7. The Hall–Kier alpha value is -2.56. The highest BCUT2D eigenvalue weighted by Crippen LogP contribution is 2.20. The number of nitrogens with one attached hydrogen (secondary N) is 1. The zero-order valence-electron chi connectivity index (χ0n) is 14.2. The van der Waals surface area contributed by atoms with E-state index >= 15 is 0 Å². The number of carbonyl (C=O) groups excluding carboxylic acids is 1. The van der Waals surface area contributed by atoms with Crippen LogP contribution in [0.25, 0.3) is 0 Å². The summed E-state index contributed by atoms with van der Waals surface area (Å²) in [5, 5.41) is 2.99. The lowest BCUT2D eigenvalue weighted by Crippen LogP contribution is -2.42. The van der Waals surface area contributed by atoms with Gasteiger partial charge in [-0.2, -0.15) is 0 Å². The molecule has 0 fully saturated rings. The van der Waals surface area contributed by atoms with Gasteiger partial charge in [-0.15, -0.1) is 0 Å². The van der Waals surface area contributed by atoms with E-state index in [1.807, 2.05) is 36.1 Å². The number of amides is 2. The number of carbonyl (C=O) groups is 1. The summed E-state index contributed by atoms with van der Waals surface area (Å²) in [5.41, 5.74) is 4.45. The molecule has 126 valence electrons. The summed E-state index contributed by atoms with van der Waals surface area (Å²) in [5.74, 6) is 0.661. The van der Waals surface area contributed by atoms with Crippen LogP contribution in [0.4, 0.5) is 4.79 Å². The Bertz CT molecular complexity index is 713. The number of nitrogens with zero attached hydrogens (tertiary/aromatic N) is 2. The van der Waals surface area contributed by atoms with Crippen LogP contribution in [0.2, 0.25) is 0 Å². The Kier molecular flexibility index (Phi) is 4.99. The third-order valence-corrected chi connectivity index (χ3v) is 4.17. The number of aromatic nitrogens is 1. The lowest BCUT2D eigenvalue weighted by atomic mass is 10.1. The maximum Gasteiger partial charge on any atom is 0.317 e. The van der Waals surface area contributed by atoms with Gasteiger partial charge in [-0.05, 0) is 25.0 Å². The van der Waals surface area contributed by atoms with Gasteiger partial charge in [0, 0.05) is 32.1 Å². The Balaban J connectivity index is 1.58. The van der Waals surface area contributed by atoms with Crippen molar-refractivity contribution in [2.75, 3.05) is 13.2 Å². The Morgan fingerprint density at radius 3 is 2.79 bits per heavy atom. The van der Waals surface area contributed by atoms with Crippen LogP contribution in [-0.4, -0.2) is 29.1 Å². The molecule has 0 aliphatic carbocycles. The molecular formula is C19H23N3O2. The van der Waals surface area contributed by atoms with Gasteiger partial charge in [0.05, 0.1) is 12.3 Å². The van der Waals surface area contributed by atoms with Crippen molar-refractivity contribution < 1.29 is 9.53 Å². The molecule has 1 aliphatic heterocycles. The lowest BCUT2D eigenvalue weighted by Gasteiger charge is -2.28. The second-order valence-electron chi connectivity index (χ2n) is 6.00. The summed E-state index contributed by atoms with van der Waals surface area (Å²) in [7, 11) is 0. The Labute approximate surface area is 142 Å². The van der Waals surface area contributed by atoms with Crippen LogP contribution < -0.4 is 10.1 Å². The molecule has 0 saturated carbocycles. The molecule has 5 heteroatoms. The minimum Gasteiger partial charge on any atom is -0.478 e. The van der Waals surface area contributed by atoms with Gasteiger partial charge in [-0.1, -0.05) is 35.9 Å². The largest absolute Gasteiger partial charge is 0.478 e. The van der Waals surface area contributed by atoms with Gasteiger partial charge in [0.2, 0.25) is 5.88 Å². The average molecular weight is 325 g/mol. The van der Waals surface area contributed by atoms with E-state index in [-0.39, 0.29) is 6.03 Å². The van der Waals surface area contributed by atoms with Crippen LogP contribution in [0.5, 0.6) is 5.88 Å². The molecule has 2 amide bonds. The van der Waals surface area contributed by atoms with Crippen molar-refractivity contribution in [3.63, 3.8) is 0 Å². The fourth-order valence-electron chi connectivity index (χ4n) is 2.79. The molecule has 1 aromatic carbocycles. The lowest BCUT2D eigenvalue weighted by molar-refractivity contribution is 0.191. The van der Waals surface area contributed by atoms with E-state index in [1.165, 1.54) is 5.56 Å². The summed E-state index contributed by atoms with van der Waals surface area (Å²) in [6, 6.07) is 12.0. The number of fused-ring (bicyclic) bond motifs is 1. The summed E-state index contributed by atoms with van der Waals surface area (Å²) >= 11 is 0. The zero-order chi connectivity index (χ0) is 16.9. The molecule has 2 heterocycles. The molecule has 5 nitrogen and oxygen atoms in total. The molecule has 0 radical (unpaired) electrons. The summed E-state index contributed by atoms with van der Waals surface area (Å²) in [4.78, 5) is 18.7. The zero-order valence-corrected chi connectivity index (χ0v) is 14.2. The third-order valence-electron chi connectivity index (χ3n) is 4.17. The van der Waals surface area contributed by atoms with E-state index in [0.717, 1.165) is 23.2 Å².